The zero-order chi connectivity index (χ0) is 23.9. The molecule has 1 unspecified atom stereocenters. The van der Waals surface area contributed by atoms with Crippen LogP contribution in [0.2, 0.25) is 0 Å². The van der Waals surface area contributed by atoms with E-state index in [4.69, 9.17) is 14.2 Å². The molecule has 0 spiro atoms. The number of hydrogen-bond acceptors (Lipinski definition) is 5. The Morgan fingerprint density at radius 3 is 2.53 bits per heavy atom. The molecule has 1 N–H and O–H groups in total. The van der Waals surface area contributed by atoms with Gasteiger partial charge in [0.15, 0.2) is 11.5 Å². The van der Waals surface area contributed by atoms with Crippen LogP contribution in [-0.2, 0) is 32.7 Å². The molecule has 36 heavy (non-hydrogen) atoms. The Hall–Kier alpha value is -3.48. The Balaban J connectivity index is 0.00000267. The topological polar surface area (TPSA) is 56.1 Å². The summed E-state index contributed by atoms with van der Waals surface area (Å²) < 4.78 is 19.6. The molecule has 6 heteroatoms. The predicted octanol–water partition coefficient (Wildman–Crippen LogP) is 5.48. The van der Waals surface area contributed by atoms with Crippen LogP contribution in [0.15, 0.2) is 60.7 Å². The Bertz CT molecular complexity index is 1390. The second kappa shape index (κ2) is 9.88. The lowest BCUT2D eigenvalue weighted by atomic mass is 9.85. The van der Waals surface area contributed by atoms with Gasteiger partial charge in [0.05, 0.1) is 19.7 Å². The molecule has 6 rings (SSSR count). The monoisotopic (exact) mass is 486 g/mol. The van der Waals surface area contributed by atoms with E-state index in [0.29, 0.717) is 6.61 Å². The van der Waals surface area contributed by atoms with Crippen LogP contribution < -0.4 is 14.2 Å². The van der Waals surface area contributed by atoms with E-state index in [2.05, 4.69) is 39.8 Å². The van der Waals surface area contributed by atoms with Crippen LogP contribution >= 0.6 is 0 Å². The van der Waals surface area contributed by atoms with E-state index in [0.717, 1.165) is 54.3 Å². The first-order chi connectivity index (χ1) is 17.2. The molecule has 0 saturated heterocycles. The van der Waals surface area contributed by atoms with Crippen LogP contribution in [-0.4, -0.2) is 35.3 Å². The quantitative estimate of drug-likeness (QED) is 0.391. The average Bonchev–Trinajstić information content (AvgIpc) is 3.22. The lowest BCUT2D eigenvalue weighted by Gasteiger charge is -2.41. The van der Waals surface area contributed by atoms with Crippen molar-refractivity contribution in [3.05, 3.63) is 88.6 Å². The minimum atomic E-state index is 0. The summed E-state index contributed by atoms with van der Waals surface area (Å²) in [6.07, 6.45) is 1.87. The number of fused-ring (bicyclic) bond motifs is 6. The molecule has 4 aromatic rings. The van der Waals surface area contributed by atoms with E-state index < -0.39 is 0 Å². The molecule has 0 aliphatic carbocycles. The van der Waals surface area contributed by atoms with Crippen molar-refractivity contribution in [3.63, 3.8) is 0 Å². The van der Waals surface area contributed by atoms with Gasteiger partial charge in [0, 0.05) is 35.8 Å². The largest absolute Gasteiger partial charge is 0.496 e. The number of benzene rings is 3. The van der Waals surface area contributed by atoms with Gasteiger partial charge in [-0.05, 0) is 53.8 Å². The normalized spacial score (nSPS) is 16.5. The Labute approximate surface area is 212 Å². The summed E-state index contributed by atoms with van der Waals surface area (Å²) in [6, 6.07) is 20.9. The number of nitrogens with zero attached hydrogens (tertiary/aromatic N) is 2. The smallest absolute Gasteiger partial charge is 0.161 e. The minimum Gasteiger partial charge on any atom is -0.496 e. The molecule has 2 aliphatic heterocycles. The van der Waals surface area contributed by atoms with Crippen molar-refractivity contribution < 1.29 is 19.3 Å². The SMILES string of the molecule is C.COc1ccccc1COc1cc2c(cc1OC)C1Cc3c(n(CO)c4ccccc34)CN1CC2. The fourth-order valence-electron chi connectivity index (χ4n) is 5.82. The van der Waals surface area contributed by atoms with Gasteiger partial charge >= 0.3 is 0 Å². The van der Waals surface area contributed by atoms with Crippen LogP contribution in [0.1, 0.15) is 41.4 Å². The summed E-state index contributed by atoms with van der Waals surface area (Å²) in [5.74, 6) is 2.34. The molecule has 2 aliphatic rings. The van der Waals surface area contributed by atoms with Gasteiger partial charge in [-0.2, -0.15) is 0 Å². The summed E-state index contributed by atoms with van der Waals surface area (Å²) in [7, 11) is 3.38. The molecule has 3 aromatic carbocycles. The third-order valence-electron chi connectivity index (χ3n) is 7.56. The highest BCUT2D eigenvalue weighted by Crippen LogP contribution is 2.44. The highest BCUT2D eigenvalue weighted by molar-refractivity contribution is 5.86. The highest BCUT2D eigenvalue weighted by atomic mass is 16.5. The fraction of sp³-hybridized carbons (Fsp3) is 0.333. The van der Waals surface area contributed by atoms with Gasteiger partial charge < -0.3 is 23.9 Å². The van der Waals surface area contributed by atoms with Gasteiger partial charge in [-0.1, -0.05) is 43.8 Å². The minimum absolute atomic E-state index is 0. The number of aliphatic hydroxyl groups excluding tert-OH is 1. The van der Waals surface area contributed by atoms with E-state index in [1.165, 1.54) is 27.8 Å². The van der Waals surface area contributed by atoms with E-state index in [1.807, 2.05) is 30.3 Å². The number of ether oxygens (including phenoxy) is 3. The number of aromatic nitrogens is 1. The second-order valence-corrected chi connectivity index (χ2v) is 9.25. The molecule has 0 amide bonds. The third kappa shape index (κ3) is 3.91. The lowest BCUT2D eigenvalue weighted by molar-refractivity contribution is 0.145. The van der Waals surface area contributed by atoms with E-state index in [-0.39, 0.29) is 20.2 Å². The van der Waals surface area contributed by atoms with Gasteiger partial charge in [0.1, 0.15) is 19.1 Å². The fourth-order valence-corrected chi connectivity index (χ4v) is 5.82. The number of aliphatic hydroxyl groups is 1. The van der Waals surface area contributed by atoms with Gasteiger partial charge in [-0.25, -0.2) is 0 Å². The summed E-state index contributed by atoms with van der Waals surface area (Å²) in [5, 5.41) is 11.3. The van der Waals surface area contributed by atoms with Crippen LogP contribution in [0, 0.1) is 0 Å². The van der Waals surface area contributed by atoms with E-state index in [9.17, 15) is 5.11 Å². The molecular weight excluding hydrogens is 452 g/mol. The molecular formula is C30H34N2O4. The van der Waals surface area contributed by atoms with Crippen molar-refractivity contribution in [1.82, 2.24) is 9.47 Å². The molecule has 3 heterocycles. The number of hydrogen-bond donors (Lipinski definition) is 1. The van der Waals surface area contributed by atoms with Crippen molar-refractivity contribution >= 4 is 10.9 Å². The Morgan fingerprint density at radius 2 is 1.72 bits per heavy atom. The van der Waals surface area contributed by atoms with Crippen LogP contribution in [0.3, 0.4) is 0 Å². The molecule has 6 nitrogen and oxygen atoms in total. The maximum absolute atomic E-state index is 10.1. The summed E-state index contributed by atoms with van der Waals surface area (Å²) >= 11 is 0. The van der Waals surface area contributed by atoms with E-state index in [1.54, 1.807) is 14.2 Å². The first-order valence-corrected chi connectivity index (χ1v) is 12.1. The summed E-state index contributed by atoms with van der Waals surface area (Å²) in [6.45, 7) is 2.23. The van der Waals surface area contributed by atoms with Crippen molar-refractivity contribution in [1.29, 1.82) is 0 Å². The summed E-state index contributed by atoms with van der Waals surface area (Å²) in [4.78, 5) is 2.53. The number of para-hydroxylation sites is 2. The standard InChI is InChI=1S/C29H30N2O4.CH4/c1-33-27-10-6-3-7-20(27)17-35-29-13-19-11-12-30-16-26-23(14-25(30)22(19)15-28(29)34-2)21-8-4-5-9-24(21)31(26)18-32;/h3-10,13,15,25,32H,11-12,14,16-18H2,1-2H3;1H4. The lowest BCUT2D eigenvalue weighted by Crippen LogP contribution is -2.39. The van der Waals surface area contributed by atoms with Crippen LogP contribution in [0.4, 0.5) is 0 Å². The van der Waals surface area contributed by atoms with Gasteiger partial charge in [0.2, 0.25) is 0 Å². The van der Waals surface area contributed by atoms with Crippen molar-refractivity contribution in [2.24, 2.45) is 0 Å². The first-order valence-electron chi connectivity index (χ1n) is 12.1. The third-order valence-corrected chi connectivity index (χ3v) is 7.56. The molecule has 0 bridgehead atoms. The molecule has 1 aromatic heterocycles. The molecule has 0 fully saturated rings. The van der Waals surface area contributed by atoms with Crippen molar-refractivity contribution in [3.8, 4) is 17.2 Å². The van der Waals surface area contributed by atoms with Crippen molar-refractivity contribution in [2.75, 3.05) is 20.8 Å². The summed E-state index contributed by atoms with van der Waals surface area (Å²) in [5.41, 5.74) is 7.32. The van der Waals surface area contributed by atoms with Gasteiger partial charge in [-0.15, -0.1) is 0 Å². The maximum atomic E-state index is 10.1. The molecule has 188 valence electrons. The molecule has 0 saturated carbocycles. The Kier molecular flexibility index (Phi) is 6.65. The van der Waals surface area contributed by atoms with Gasteiger partial charge in [0.25, 0.3) is 0 Å². The number of rotatable bonds is 6. The van der Waals surface area contributed by atoms with Crippen molar-refractivity contribution in [2.45, 2.75) is 46.2 Å². The maximum Gasteiger partial charge on any atom is 0.161 e. The molecule has 0 radical (unpaired) electrons. The molecule has 1 atom stereocenters. The van der Waals surface area contributed by atoms with Crippen LogP contribution in [0.25, 0.3) is 10.9 Å². The zero-order valence-corrected chi connectivity index (χ0v) is 20.2. The zero-order valence-electron chi connectivity index (χ0n) is 20.2. The average molecular weight is 487 g/mol. The highest BCUT2D eigenvalue weighted by Gasteiger charge is 2.35. The predicted molar refractivity (Wildman–Crippen MR) is 142 cm³/mol. The van der Waals surface area contributed by atoms with E-state index >= 15 is 0 Å². The number of methoxy groups -OCH3 is 2. The first kappa shape index (κ1) is 24.2. The van der Waals surface area contributed by atoms with Crippen LogP contribution in [0.5, 0.6) is 17.2 Å². The van der Waals surface area contributed by atoms with Gasteiger partial charge in [-0.3, -0.25) is 4.90 Å². The second-order valence-electron chi connectivity index (χ2n) is 9.25. The Morgan fingerprint density at radius 1 is 0.944 bits per heavy atom.